The number of hydrogen-bond donors (Lipinski definition) is 2. The van der Waals surface area contributed by atoms with E-state index in [0.29, 0.717) is 16.7 Å². The molecule has 0 aliphatic heterocycles. The number of anilines is 1. The van der Waals surface area contributed by atoms with E-state index < -0.39 is 16.6 Å². The standard InChI is InChI=1S/C26H23FN6O4S/c1-16-3-4-17(2)22(13-16)32-23(14-28-25(35)18-5-11-21(12-6-18)33(36)37)30-31-26(32)38-15-24(34)29-20-9-7-19(27)8-10-20/h3-13H,14-15H2,1-2H3,(H,28,35)(H,29,34). The summed E-state index contributed by atoms with van der Waals surface area (Å²) in [6.07, 6.45) is 0. The van der Waals surface area contributed by atoms with Crippen molar-refractivity contribution in [3.05, 3.63) is 105 Å². The zero-order valence-electron chi connectivity index (χ0n) is 20.5. The maximum absolute atomic E-state index is 13.1. The molecular formula is C26H23FN6O4S. The molecule has 0 saturated carbocycles. The van der Waals surface area contributed by atoms with Crippen molar-refractivity contribution in [2.75, 3.05) is 11.1 Å². The van der Waals surface area contributed by atoms with Gasteiger partial charge in [-0.25, -0.2) is 4.39 Å². The SMILES string of the molecule is Cc1ccc(C)c(-n2c(CNC(=O)c3ccc([N+](=O)[O-])cc3)nnc2SCC(=O)Nc2ccc(F)cc2)c1. The summed E-state index contributed by atoms with van der Waals surface area (Å²) in [4.78, 5) is 35.5. The maximum Gasteiger partial charge on any atom is 0.269 e. The number of halogens is 1. The third-order valence-electron chi connectivity index (χ3n) is 5.51. The number of benzene rings is 3. The Morgan fingerprint density at radius 3 is 2.42 bits per heavy atom. The van der Waals surface area contributed by atoms with Crippen molar-refractivity contribution in [3.63, 3.8) is 0 Å². The van der Waals surface area contributed by atoms with Gasteiger partial charge in [0, 0.05) is 23.4 Å². The zero-order chi connectivity index (χ0) is 27.2. The normalized spacial score (nSPS) is 10.7. The van der Waals surface area contributed by atoms with Gasteiger partial charge in [0.25, 0.3) is 11.6 Å². The first-order valence-electron chi connectivity index (χ1n) is 11.4. The van der Waals surface area contributed by atoms with E-state index in [1.165, 1.54) is 60.3 Å². The number of amides is 2. The van der Waals surface area contributed by atoms with E-state index in [-0.39, 0.29) is 29.5 Å². The first kappa shape index (κ1) is 26.5. The van der Waals surface area contributed by atoms with Gasteiger partial charge in [-0.1, -0.05) is 23.9 Å². The van der Waals surface area contributed by atoms with Crippen molar-refractivity contribution in [1.82, 2.24) is 20.1 Å². The van der Waals surface area contributed by atoms with E-state index in [2.05, 4.69) is 20.8 Å². The van der Waals surface area contributed by atoms with Crippen LogP contribution >= 0.6 is 11.8 Å². The van der Waals surface area contributed by atoms with E-state index in [1.807, 2.05) is 32.0 Å². The average Bonchev–Trinajstić information content (AvgIpc) is 3.31. The number of carbonyl (C=O) groups is 2. The van der Waals surface area contributed by atoms with Crippen LogP contribution in [0, 0.1) is 29.8 Å². The fourth-order valence-electron chi connectivity index (χ4n) is 3.57. The predicted molar refractivity (Wildman–Crippen MR) is 141 cm³/mol. The molecule has 38 heavy (non-hydrogen) atoms. The molecular weight excluding hydrogens is 511 g/mol. The molecule has 4 rings (SSSR count). The molecule has 0 fully saturated rings. The lowest BCUT2D eigenvalue weighted by Gasteiger charge is -2.14. The molecule has 194 valence electrons. The summed E-state index contributed by atoms with van der Waals surface area (Å²) >= 11 is 1.17. The molecule has 0 unspecified atom stereocenters. The highest BCUT2D eigenvalue weighted by atomic mass is 32.2. The Kier molecular flexibility index (Phi) is 8.12. The van der Waals surface area contributed by atoms with E-state index in [1.54, 1.807) is 4.57 Å². The largest absolute Gasteiger partial charge is 0.345 e. The van der Waals surface area contributed by atoms with Gasteiger partial charge < -0.3 is 10.6 Å². The molecule has 12 heteroatoms. The molecule has 4 aromatic rings. The predicted octanol–water partition coefficient (Wildman–Crippen LogP) is 4.59. The minimum Gasteiger partial charge on any atom is -0.345 e. The monoisotopic (exact) mass is 534 g/mol. The lowest BCUT2D eigenvalue weighted by Crippen LogP contribution is -2.24. The minimum atomic E-state index is -0.534. The second kappa shape index (κ2) is 11.6. The Labute approximate surface area is 221 Å². The molecule has 0 bridgehead atoms. The molecule has 0 atom stereocenters. The Hall–Kier alpha value is -4.58. The van der Waals surface area contributed by atoms with Gasteiger partial charge in [-0.15, -0.1) is 10.2 Å². The molecule has 0 saturated heterocycles. The highest BCUT2D eigenvalue weighted by Crippen LogP contribution is 2.25. The van der Waals surface area contributed by atoms with Crippen LogP contribution < -0.4 is 10.6 Å². The number of hydrogen-bond acceptors (Lipinski definition) is 7. The quantitative estimate of drug-likeness (QED) is 0.182. The van der Waals surface area contributed by atoms with Crippen molar-refractivity contribution in [2.24, 2.45) is 0 Å². The third-order valence-corrected chi connectivity index (χ3v) is 6.44. The van der Waals surface area contributed by atoms with E-state index >= 15 is 0 Å². The van der Waals surface area contributed by atoms with Gasteiger partial charge in [-0.2, -0.15) is 0 Å². The number of nitro benzene ring substituents is 1. The smallest absolute Gasteiger partial charge is 0.269 e. The molecule has 1 heterocycles. The van der Waals surface area contributed by atoms with E-state index in [0.717, 1.165) is 16.8 Å². The number of nitrogens with zero attached hydrogens (tertiary/aromatic N) is 4. The molecule has 0 spiro atoms. The number of nitro groups is 1. The second-order valence-electron chi connectivity index (χ2n) is 8.35. The summed E-state index contributed by atoms with van der Waals surface area (Å²) in [5.74, 6) is -0.661. The van der Waals surface area contributed by atoms with Gasteiger partial charge in [-0.3, -0.25) is 24.3 Å². The average molecular weight is 535 g/mol. The molecule has 10 nitrogen and oxygen atoms in total. The second-order valence-corrected chi connectivity index (χ2v) is 9.30. The van der Waals surface area contributed by atoms with Crippen LogP contribution in [0.1, 0.15) is 27.3 Å². The summed E-state index contributed by atoms with van der Waals surface area (Å²) in [5.41, 5.74) is 3.38. The van der Waals surface area contributed by atoms with Crippen molar-refractivity contribution >= 4 is 35.0 Å². The van der Waals surface area contributed by atoms with Crippen molar-refractivity contribution in [1.29, 1.82) is 0 Å². The van der Waals surface area contributed by atoms with Gasteiger partial charge in [0.2, 0.25) is 5.91 Å². The van der Waals surface area contributed by atoms with Gasteiger partial charge in [0.15, 0.2) is 11.0 Å². The number of aromatic nitrogens is 3. The van der Waals surface area contributed by atoms with E-state index in [4.69, 9.17) is 0 Å². The van der Waals surface area contributed by atoms with Crippen LogP contribution in [0.25, 0.3) is 5.69 Å². The first-order valence-corrected chi connectivity index (χ1v) is 12.4. The first-order chi connectivity index (χ1) is 18.2. The van der Waals surface area contributed by atoms with Gasteiger partial charge in [-0.05, 0) is 67.4 Å². The van der Waals surface area contributed by atoms with Crippen molar-refractivity contribution in [3.8, 4) is 5.69 Å². The van der Waals surface area contributed by atoms with Crippen molar-refractivity contribution < 1.29 is 18.9 Å². The molecule has 1 aromatic heterocycles. The van der Waals surface area contributed by atoms with Crippen molar-refractivity contribution in [2.45, 2.75) is 25.5 Å². The van der Waals surface area contributed by atoms with Crippen LogP contribution in [0.15, 0.2) is 71.9 Å². The number of carbonyl (C=O) groups excluding carboxylic acids is 2. The van der Waals surface area contributed by atoms with Gasteiger partial charge >= 0.3 is 0 Å². The van der Waals surface area contributed by atoms with Crippen LogP contribution in [0.5, 0.6) is 0 Å². The van der Waals surface area contributed by atoms with Crippen LogP contribution in [0.3, 0.4) is 0 Å². The van der Waals surface area contributed by atoms with Crippen LogP contribution in [-0.2, 0) is 11.3 Å². The van der Waals surface area contributed by atoms with Crippen LogP contribution in [0.4, 0.5) is 15.8 Å². The zero-order valence-corrected chi connectivity index (χ0v) is 21.3. The third kappa shape index (κ3) is 6.40. The van der Waals surface area contributed by atoms with Crippen LogP contribution in [0.2, 0.25) is 0 Å². The molecule has 2 amide bonds. The number of non-ortho nitro benzene ring substituents is 1. The lowest BCUT2D eigenvalue weighted by molar-refractivity contribution is -0.384. The number of nitrogens with one attached hydrogen (secondary N) is 2. The Balaban J connectivity index is 1.52. The summed E-state index contributed by atoms with van der Waals surface area (Å²) in [5, 5.41) is 25.3. The molecule has 0 radical (unpaired) electrons. The number of rotatable bonds is 9. The molecule has 3 aromatic carbocycles. The Morgan fingerprint density at radius 2 is 1.74 bits per heavy atom. The van der Waals surface area contributed by atoms with E-state index in [9.17, 15) is 24.1 Å². The summed E-state index contributed by atoms with van der Waals surface area (Å²) in [6.45, 7) is 3.91. The number of thioether (sulfide) groups is 1. The number of aryl methyl sites for hydroxylation is 2. The maximum atomic E-state index is 13.1. The molecule has 0 aliphatic rings. The highest BCUT2D eigenvalue weighted by Gasteiger charge is 2.19. The molecule has 0 aliphatic carbocycles. The Morgan fingerprint density at radius 1 is 1.03 bits per heavy atom. The summed E-state index contributed by atoms with van der Waals surface area (Å²) in [7, 11) is 0. The summed E-state index contributed by atoms with van der Waals surface area (Å²) in [6, 6.07) is 16.6. The summed E-state index contributed by atoms with van der Waals surface area (Å²) < 4.78 is 14.9. The Bertz CT molecular complexity index is 1490. The van der Waals surface area contributed by atoms with Gasteiger partial charge in [0.05, 0.1) is 22.9 Å². The van der Waals surface area contributed by atoms with Crippen LogP contribution in [-0.4, -0.2) is 37.3 Å². The fraction of sp³-hybridized carbons (Fsp3) is 0.154. The highest BCUT2D eigenvalue weighted by molar-refractivity contribution is 7.99. The molecule has 2 N–H and O–H groups in total. The topological polar surface area (TPSA) is 132 Å². The van der Waals surface area contributed by atoms with Gasteiger partial charge in [0.1, 0.15) is 5.82 Å². The minimum absolute atomic E-state index is 0.0233. The fourth-order valence-corrected chi connectivity index (χ4v) is 4.33. The lowest BCUT2D eigenvalue weighted by atomic mass is 10.1.